The van der Waals surface area contributed by atoms with E-state index in [4.69, 9.17) is 0 Å². The molecule has 3 N–H and O–H groups in total. The van der Waals surface area contributed by atoms with Crippen LogP contribution in [0.15, 0.2) is 24.3 Å². The molecule has 1 aromatic heterocycles. The van der Waals surface area contributed by atoms with Gasteiger partial charge in [-0.2, -0.15) is 0 Å². The predicted octanol–water partition coefficient (Wildman–Crippen LogP) is 2.67. The van der Waals surface area contributed by atoms with Crippen molar-refractivity contribution in [3.8, 4) is 0 Å². The van der Waals surface area contributed by atoms with Crippen LogP contribution in [-0.4, -0.2) is 51.2 Å². The Hall–Kier alpha value is -2.90. The van der Waals surface area contributed by atoms with E-state index in [1.807, 2.05) is 43.0 Å². The number of carbonyl (C=O) groups is 3. The number of fused-ring (bicyclic) bond motifs is 1. The van der Waals surface area contributed by atoms with E-state index >= 15 is 0 Å². The minimum Gasteiger partial charge on any atom is -0.345 e. The van der Waals surface area contributed by atoms with Crippen molar-refractivity contribution in [1.29, 1.82) is 0 Å². The van der Waals surface area contributed by atoms with Gasteiger partial charge in [0.15, 0.2) is 0 Å². The number of carbonyl (C=O) groups excluding carboxylic acids is 3. The lowest BCUT2D eigenvalue weighted by atomic mass is 9.75. The average Bonchev–Trinajstić information content (AvgIpc) is 3.36. The minimum atomic E-state index is -0.898. The van der Waals surface area contributed by atoms with E-state index in [9.17, 15) is 14.4 Å². The molecule has 3 amide bonds. The standard InChI is InChI=1S/C24H33N5O3/c1-14-11-17(12-14)23(31)28-20(13-21(30)29-10-6-7-15(29)2)24(32)25-16(3)22-26-18-8-4-5-9-19(18)27-22/h4-5,8-9,14-17,20H,6-7,10-13H2,1-3H3,(H,25,32)(H,26,27)(H,28,31)/t14?,15-,16?,17?,20-/m0/s1. The number of benzene rings is 1. The molecule has 4 rings (SSSR count). The Morgan fingerprint density at radius 2 is 1.94 bits per heavy atom. The van der Waals surface area contributed by atoms with Gasteiger partial charge in [0.1, 0.15) is 11.9 Å². The van der Waals surface area contributed by atoms with Crippen LogP contribution in [0.1, 0.15) is 64.7 Å². The molecule has 3 atom stereocenters. The number of nitrogens with one attached hydrogen (secondary N) is 3. The molecule has 0 spiro atoms. The van der Waals surface area contributed by atoms with Crippen molar-refractivity contribution in [2.45, 2.75) is 71.0 Å². The predicted molar refractivity (Wildman–Crippen MR) is 121 cm³/mol. The number of aromatic nitrogens is 2. The summed E-state index contributed by atoms with van der Waals surface area (Å²) in [5.74, 6) is 0.499. The Morgan fingerprint density at radius 1 is 1.19 bits per heavy atom. The van der Waals surface area contributed by atoms with Crippen molar-refractivity contribution in [1.82, 2.24) is 25.5 Å². The van der Waals surface area contributed by atoms with Crippen molar-refractivity contribution < 1.29 is 14.4 Å². The molecule has 1 aliphatic heterocycles. The van der Waals surface area contributed by atoms with Crippen molar-refractivity contribution in [3.05, 3.63) is 30.1 Å². The molecular formula is C24H33N5O3. The second-order valence-corrected chi connectivity index (χ2v) is 9.49. The fraction of sp³-hybridized carbons (Fsp3) is 0.583. The fourth-order valence-corrected chi connectivity index (χ4v) is 4.77. The Morgan fingerprint density at radius 3 is 2.59 bits per heavy atom. The van der Waals surface area contributed by atoms with Crippen LogP contribution in [-0.2, 0) is 14.4 Å². The first kappa shape index (κ1) is 22.3. The van der Waals surface area contributed by atoms with Crippen LogP contribution in [0.5, 0.6) is 0 Å². The molecule has 32 heavy (non-hydrogen) atoms. The van der Waals surface area contributed by atoms with E-state index in [0.717, 1.165) is 36.7 Å². The maximum absolute atomic E-state index is 13.2. The monoisotopic (exact) mass is 439 g/mol. The molecule has 8 heteroatoms. The van der Waals surface area contributed by atoms with Crippen molar-refractivity contribution in [2.75, 3.05) is 6.54 Å². The lowest BCUT2D eigenvalue weighted by Gasteiger charge is -2.33. The molecule has 0 radical (unpaired) electrons. The highest BCUT2D eigenvalue weighted by molar-refractivity contribution is 5.93. The summed E-state index contributed by atoms with van der Waals surface area (Å²) in [6.07, 6.45) is 3.56. The fourth-order valence-electron chi connectivity index (χ4n) is 4.77. The molecule has 1 saturated carbocycles. The molecule has 1 unspecified atom stereocenters. The summed E-state index contributed by atoms with van der Waals surface area (Å²) in [6.45, 7) is 6.68. The third kappa shape index (κ3) is 4.79. The van der Waals surface area contributed by atoms with E-state index in [1.165, 1.54) is 0 Å². The highest BCUT2D eigenvalue weighted by Crippen LogP contribution is 2.33. The quantitative estimate of drug-likeness (QED) is 0.616. The normalized spacial score (nSPS) is 24.6. The highest BCUT2D eigenvalue weighted by Gasteiger charge is 2.36. The van der Waals surface area contributed by atoms with Crippen LogP contribution in [0.3, 0.4) is 0 Å². The molecule has 172 valence electrons. The van der Waals surface area contributed by atoms with Crippen molar-refractivity contribution in [2.24, 2.45) is 11.8 Å². The van der Waals surface area contributed by atoms with E-state index in [1.54, 1.807) is 0 Å². The van der Waals surface area contributed by atoms with Gasteiger partial charge in [-0.3, -0.25) is 14.4 Å². The lowest BCUT2D eigenvalue weighted by Crippen LogP contribution is -2.52. The van der Waals surface area contributed by atoms with Gasteiger partial charge in [-0.05, 0) is 57.6 Å². The Bertz CT molecular complexity index is 963. The maximum Gasteiger partial charge on any atom is 0.243 e. The summed E-state index contributed by atoms with van der Waals surface area (Å²) in [7, 11) is 0. The maximum atomic E-state index is 13.2. The van der Waals surface area contributed by atoms with Crippen LogP contribution >= 0.6 is 0 Å². The summed E-state index contributed by atoms with van der Waals surface area (Å²) in [5, 5.41) is 5.80. The topological polar surface area (TPSA) is 107 Å². The number of imidazole rings is 1. The number of likely N-dealkylation sites (tertiary alicyclic amines) is 1. The van der Waals surface area contributed by atoms with Gasteiger partial charge in [-0.25, -0.2) is 4.98 Å². The molecule has 2 aliphatic rings. The van der Waals surface area contributed by atoms with Crippen LogP contribution in [0.25, 0.3) is 11.0 Å². The second-order valence-electron chi connectivity index (χ2n) is 9.49. The van der Waals surface area contributed by atoms with Crippen molar-refractivity contribution in [3.63, 3.8) is 0 Å². The third-order valence-electron chi connectivity index (χ3n) is 6.81. The smallest absolute Gasteiger partial charge is 0.243 e. The van der Waals surface area contributed by atoms with Crippen molar-refractivity contribution >= 4 is 28.8 Å². The summed E-state index contributed by atoms with van der Waals surface area (Å²) in [5.41, 5.74) is 1.72. The molecule has 1 aliphatic carbocycles. The molecule has 8 nitrogen and oxygen atoms in total. The van der Waals surface area contributed by atoms with Gasteiger partial charge >= 0.3 is 0 Å². The van der Waals surface area contributed by atoms with Gasteiger partial charge in [0.25, 0.3) is 0 Å². The number of amides is 3. The minimum absolute atomic E-state index is 0.0307. The van der Waals surface area contributed by atoms with E-state index in [0.29, 0.717) is 18.3 Å². The summed E-state index contributed by atoms with van der Waals surface area (Å²) in [4.78, 5) is 48.4. The van der Waals surface area contributed by atoms with Crippen LogP contribution in [0.2, 0.25) is 0 Å². The first-order chi connectivity index (χ1) is 15.3. The number of hydrogen-bond acceptors (Lipinski definition) is 4. The zero-order valence-corrected chi connectivity index (χ0v) is 19.1. The van der Waals surface area contributed by atoms with Gasteiger partial charge in [0.05, 0.1) is 23.5 Å². The molecule has 0 bridgehead atoms. The van der Waals surface area contributed by atoms with Crippen LogP contribution < -0.4 is 10.6 Å². The zero-order chi connectivity index (χ0) is 22.8. The molecule has 1 aromatic carbocycles. The first-order valence-corrected chi connectivity index (χ1v) is 11.7. The first-order valence-electron chi connectivity index (χ1n) is 11.7. The SMILES string of the molecule is CC1CC(C(=O)N[C@@H](CC(=O)N2CCC[C@@H]2C)C(=O)NC(C)c2nc3ccccc3[nH]2)C1. The van der Waals surface area contributed by atoms with E-state index < -0.39 is 6.04 Å². The summed E-state index contributed by atoms with van der Waals surface area (Å²) < 4.78 is 0. The largest absolute Gasteiger partial charge is 0.345 e. The Kier molecular flexibility index (Phi) is 6.48. The summed E-state index contributed by atoms with van der Waals surface area (Å²) >= 11 is 0. The average molecular weight is 440 g/mol. The van der Waals surface area contributed by atoms with Gasteiger partial charge in [0.2, 0.25) is 17.7 Å². The van der Waals surface area contributed by atoms with Crippen LogP contribution in [0, 0.1) is 11.8 Å². The number of H-pyrrole nitrogens is 1. The third-order valence-corrected chi connectivity index (χ3v) is 6.81. The molecule has 1 saturated heterocycles. The molecule has 2 fully saturated rings. The number of para-hydroxylation sites is 2. The molecular weight excluding hydrogens is 406 g/mol. The number of nitrogens with zero attached hydrogens (tertiary/aromatic N) is 2. The Labute approximate surface area is 188 Å². The van der Waals surface area contributed by atoms with Crippen LogP contribution in [0.4, 0.5) is 0 Å². The van der Waals surface area contributed by atoms with Gasteiger partial charge in [-0.1, -0.05) is 19.1 Å². The molecule has 2 heterocycles. The number of aromatic amines is 1. The lowest BCUT2D eigenvalue weighted by molar-refractivity contribution is -0.138. The number of hydrogen-bond donors (Lipinski definition) is 3. The zero-order valence-electron chi connectivity index (χ0n) is 19.1. The molecule has 2 aromatic rings. The number of rotatable bonds is 7. The van der Waals surface area contributed by atoms with Gasteiger partial charge in [-0.15, -0.1) is 0 Å². The van der Waals surface area contributed by atoms with E-state index in [2.05, 4.69) is 27.5 Å². The van der Waals surface area contributed by atoms with Gasteiger partial charge in [0, 0.05) is 18.5 Å². The van der Waals surface area contributed by atoms with Gasteiger partial charge < -0.3 is 20.5 Å². The van der Waals surface area contributed by atoms with E-state index in [-0.39, 0.29) is 42.1 Å². The summed E-state index contributed by atoms with van der Waals surface area (Å²) in [6, 6.07) is 6.55. The second kappa shape index (κ2) is 9.30. The Balaban J connectivity index is 1.45. The highest BCUT2D eigenvalue weighted by atomic mass is 16.2.